The standard InChI is InChI=1S/C26H35N3O/c1-8-11-12-21(17(4)9-2)13-18(5)23(10-3)25-14-22-16-27-26(29-20(7)30)15-24(22)19(6)28-25/h10,13-16H,8-9,11-12H2,1-7H3,(H,27,29,30)/b18-13-,21-17+,23-10+. The summed E-state index contributed by atoms with van der Waals surface area (Å²) in [6.45, 7) is 14.4. The van der Waals surface area contributed by atoms with Gasteiger partial charge in [-0.25, -0.2) is 4.98 Å². The average molecular weight is 406 g/mol. The van der Waals surface area contributed by atoms with E-state index in [9.17, 15) is 4.79 Å². The molecule has 0 radical (unpaired) electrons. The monoisotopic (exact) mass is 405 g/mol. The van der Waals surface area contributed by atoms with Crippen molar-refractivity contribution >= 4 is 28.1 Å². The van der Waals surface area contributed by atoms with Gasteiger partial charge in [0.2, 0.25) is 5.91 Å². The molecule has 1 amide bonds. The molecule has 4 heteroatoms. The minimum absolute atomic E-state index is 0.129. The zero-order valence-corrected chi connectivity index (χ0v) is 19.5. The number of unbranched alkanes of at least 4 members (excludes halogenated alkanes) is 1. The van der Waals surface area contributed by atoms with Crippen LogP contribution in [0.15, 0.2) is 47.2 Å². The van der Waals surface area contributed by atoms with Gasteiger partial charge in [-0.1, -0.05) is 38.0 Å². The maximum absolute atomic E-state index is 11.3. The molecule has 0 fully saturated rings. The molecule has 0 aliphatic rings. The predicted octanol–water partition coefficient (Wildman–Crippen LogP) is 7.16. The maximum atomic E-state index is 11.3. The number of hydrogen-bond donors (Lipinski definition) is 1. The molecular formula is C26H35N3O. The second-order valence-corrected chi connectivity index (χ2v) is 7.86. The number of pyridine rings is 2. The van der Waals surface area contributed by atoms with Gasteiger partial charge in [-0.05, 0) is 75.8 Å². The largest absolute Gasteiger partial charge is 0.311 e. The van der Waals surface area contributed by atoms with Crippen molar-refractivity contribution in [3.8, 4) is 0 Å². The lowest BCUT2D eigenvalue weighted by Crippen LogP contribution is -2.07. The molecule has 2 aromatic rings. The number of rotatable bonds is 8. The Labute approximate surface area is 181 Å². The molecule has 30 heavy (non-hydrogen) atoms. The molecule has 0 aliphatic heterocycles. The molecule has 2 rings (SSSR count). The zero-order chi connectivity index (χ0) is 22.3. The van der Waals surface area contributed by atoms with Crippen LogP contribution in [0.3, 0.4) is 0 Å². The smallest absolute Gasteiger partial charge is 0.222 e. The molecule has 0 bridgehead atoms. The van der Waals surface area contributed by atoms with E-state index in [0.717, 1.165) is 40.6 Å². The van der Waals surface area contributed by atoms with Crippen LogP contribution in [0.4, 0.5) is 5.82 Å². The highest BCUT2D eigenvalue weighted by molar-refractivity contribution is 5.93. The highest BCUT2D eigenvalue weighted by atomic mass is 16.1. The fourth-order valence-corrected chi connectivity index (χ4v) is 3.62. The minimum atomic E-state index is -0.129. The highest BCUT2D eigenvalue weighted by Gasteiger charge is 2.11. The van der Waals surface area contributed by atoms with Crippen LogP contribution in [0.1, 0.15) is 78.6 Å². The van der Waals surface area contributed by atoms with E-state index >= 15 is 0 Å². The van der Waals surface area contributed by atoms with Gasteiger partial charge in [0.1, 0.15) is 5.82 Å². The number of aryl methyl sites for hydroxylation is 1. The number of nitrogens with one attached hydrogen (secondary N) is 1. The van der Waals surface area contributed by atoms with Crippen LogP contribution < -0.4 is 5.32 Å². The van der Waals surface area contributed by atoms with Crippen molar-refractivity contribution in [1.29, 1.82) is 0 Å². The van der Waals surface area contributed by atoms with Crippen molar-refractivity contribution in [2.24, 2.45) is 0 Å². The van der Waals surface area contributed by atoms with Crippen molar-refractivity contribution in [2.75, 3.05) is 5.32 Å². The number of anilines is 1. The average Bonchev–Trinajstić information content (AvgIpc) is 2.71. The normalized spacial score (nSPS) is 13.4. The van der Waals surface area contributed by atoms with E-state index in [4.69, 9.17) is 4.98 Å². The van der Waals surface area contributed by atoms with Crippen LogP contribution >= 0.6 is 0 Å². The Morgan fingerprint density at radius 2 is 1.90 bits per heavy atom. The molecule has 0 atom stereocenters. The van der Waals surface area contributed by atoms with Gasteiger partial charge in [0.25, 0.3) is 0 Å². The number of aromatic nitrogens is 2. The first-order valence-corrected chi connectivity index (χ1v) is 10.9. The molecular weight excluding hydrogens is 370 g/mol. The SMILES string of the molecule is C\C=C(/C(C)=C\C(CCCC)=C(/C)CC)c1cc2cnc(NC(C)=O)cc2c(C)n1. The van der Waals surface area contributed by atoms with Crippen molar-refractivity contribution in [2.45, 2.75) is 74.1 Å². The van der Waals surface area contributed by atoms with Gasteiger partial charge in [-0.2, -0.15) is 0 Å². The second kappa shape index (κ2) is 10.9. The van der Waals surface area contributed by atoms with E-state index in [1.807, 2.05) is 13.0 Å². The number of allylic oxidation sites excluding steroid dienone is 6. The molecule has 1 N–H and O–H groups in total. The van der Waals surface area contributed by atoms with Gasteiger partial charge in [0, 0.05) is 29.6 Å². The highest BCUT2D eigenvalue weighted by Crippen LogP contribution is 2.29. The van der Waals surface area contributed by atoms with E-state index in [1.165, 1.54) is 36.5 Å². The molecule has 4 nitrogen and oxygen atoms in total. The van der Waals surface area contributed by atoms with Gasteiger partial charge in [-0.3, -0.25) is 9.78 Å². The summed E-state index contributed by atoms with van der Waals surface area (Å²) in [5.41, 5.74) is 7.14. The number of carbonyl (C=O) groups is 1. The summed E-state index contributed by atoms with van der Waals surface area (Å²) in [4.78, 5) is 20.6. The molecule has 160 valence electrons. The lowest BCUT2D eigenvalue weighted by molar-refractivity contribution is -0.114. The summed E-state index contributed by atoms with van der Waals surface area (Å²) in [6.07, 6.45) is 10.9. The second-order valence-electron chi connectivity index (χ2n) is 7.86. The van der Waals surface area contributed by atoms with E-state index in [0.29, 0.717) is 5.82 Å². The van der Waals surface area contributed by atoms with Crippen LogP contribution in [-0.2, 0) is 4.79 Å². The Hall–Kier alpha value is -2.75. The fraction of sp³-hybridized carbons (Fsp3) is 0.423. The van der Waals surface area contributed by atoms with Crippen LogP contribution in [0, 0.1) is 6.92 Å². The lowest BCUT2D eigenvalue weighted by atomic mass is 9.95. The molecule has 0 saturated carbocycles. The zero-order valence-electron chi connectivity index (χ0n) is 19.5. The Morgan fingerprint density at radius 3 is 2.50 bits per heavy atom. The molecule has 2 aromatic heterocycles. The Bertz CT molecular complexity index is 1010. The number of hydrogen-bond acceptors (Lipinski definition) is 3. The van der Waals surface area contributed by atoms with Gasteiger partial charge in [0.05, 0.1) is 5.69 Å². The summed E-state index contributed by atoms with van der Waals surface area (Å²) in [5, 5.41) is 4.76. The predicted molar refractivity (Wildman–Crippen MR) is 129 cm³/mol. The van der Waals surface area contributed by atoms with Crippen LogP contribution in [0.25, 0.3) is 16.3 Å². The number of nitrogens with zero attached hydrogens (tertiary/aromatic N) is 2. The Kier molecular flexibility index (Phi) is 8.52. The molecule has 2 heterocycles. The van der Waals surface area contributed by atoms with Crippen molar-refractivity contribution in [1.82, 2.24) is 9.97 Å². The first-order chi connectivity index (χ1) is 14.3. The first kappa shape index (κ1) is 23.5. The van der Waals surface area contributed by atoms with Gasteiger partial charge < -0.3 is 5.32 Å². The van der Waals surface area contributed by atoms with E-state index in [-0.39, 0.29) is 5.91 Å². The lowest BCUT2D eigenvalue weighted by Gasteiger charge is -2.14. The topological polar surface area (TPSA) is 54.9 Å². The third kappa shape index (κ3) is 5.88. The molecule has 0 spiro atoms. The first-order valence-electron chi connectivity index (χ1n) is 10.9. The number of carbonyl (C=O) groups excluding carboxylic acids is 1. The Morgan fingerprint density at radius 1 is 1.17 bits per heavy atom. The van der Waals surface area contributed by atoms with Gasteiger partial charge in [0.15, 0.2) is 0 Å². The fourth-order valence-electron chi connectivity index (χ4n) is 3.62. The third-order valence-electron chi connectivity index (χ3n) is 5.47. The van der Waals surface area contributed by atoms with Gasteiger partial charge in [-0.15, -0.1) is 0 Å². The molecule has 0 aromatic carbocycles. The van der Waals surface area contributed by atoms with Crippen molar-refractivity contribution in [3.63, 3.8) is 0 Å². The quantitative estimate of drug-likeness (QED) is 0.474. The summed E-state index contributed by atoms with van der Waals surface area (Å²) >= 11 is 0. The van der Waals surface area contributed by atoms with E-state index in [2.05, 4.69) is 63.1 Å². The number of fused-ring (bicyclic) bond motifs is 1. The van der Waals surface area contributed by atoms with Crippen molar-refractivity contribution < 1.29 is 4.79 Å². The van der Waals surface area contributed by atoms with Crippen LogP contribution in [0.2, 0.25) is 0 Å². The third-order valence-corrected chi connectivity index (χ3v) is 5.47. The van der Waals surface area contributed by atoms with E-state index in [1.54, 1.807) is 6.20 Å². The summed E-state index contributed by atoms with van der Waals surface area (Å²) in [7, 11) is 0. The number of amides is 1. The van der Waals surface area contributed by atoms with Crippen LogP contribution in [-0.4, -0.2) is 15.9 Å². The summed E-state index contributed by atoms with van der Waals surface area (Å²) in [6, 6.07) is 3.97. The maximum Gasteiger partial charge on any atom is 0.222 e. The Balaban J connectivity index is 2.48. The summed E-state index contributed by atoms with van der Waals surface area (Å²) < 4.78 is 0. The van der Waals surface area contributed by atoms with Crippen molar-refractivity contribution in [3.05, 3.63) is 58.6 Å². The van der Waals surface area contributed by atoms with Crippen LogP contribution in [0.5, 0.6) is 0 Å². The summed E-state index contributed by atoms with van der Waals surface area (Å²) in [5.74, 6) is 0.422. The molecule has 0 unspecified atom stereocenters. The minimum Gasteiger partial charge on any atom is -0.311 e. The van der Waals surface area contributed by atoms with Gasteiger partial charge >= 0.3 is 0 Å². The molecule has 0 saturated heterocycles. The molecule has 0 aliphatic carbocycles. The van der Waals surface area contributed by atoms with E-state index < -0.39 is 0 Å².